The number of hydrogen-bond donors (Lipinski definition) is 1. The van der Waals surface area contributed by atoms with Gasteiger partial charge in [-0.3, -0.25) is 9.69 Å². The van der Waals surface area contributed by atoms with E-state index in [-0.39, 0.29) is 24.5 Å². The molecule has 0 radical (unpaired) electrons. The van der Waals surface area contributed by atoms with Crippen LogP contribution in [-0.2, 0) is 16.0 Å². The van der Waals surface area contributed by atoms with Crippen molar-refractivity contribution in [2.45, 2.75) is 33.3 Å². The van der Waals surface area contributed by atoms with Gasteiger partial charge in [-0.1, -0.05) is 18.2 Å². The van der Waals surface area contributed by atoms with Crippen LogP contribution in [0, 0.1) is 6.92 Å². The molecule has 6 heteroatoms. The van der Waals surface area contributed by atoms with Gasteiger partial charge in [-0.25, -0.2) is 4.79 Å². The molecule has 2 aromatic rings. The normalized spacial score (nSPS) is 15.5. The summed E-state index contributed by atoms with van der Waals surface area (Å²) in [6.07, 6.45) is 0.133. The van der Waals surface area contributed by atoms with Crippen molar-refractivity contribution in [3.63, 3.8) is 0 Å². The monoisotopic (exact) mass is 368 g/mol. The van der Waals surface area contributed by atoms with Gasteiger partial charge in [0.2, 0.25) is 0 Å². The van der Waals surface area contributed by atoms with E-state index in [1.54, 1.807) is 24.0 Å². The minimum absolute atomic E-state index is 0.0853. The number of esters is 1. The Morgan fingerprint density at radius 3 is 2.67 bits per heavy atom. The lowest BCUT2D eigenvalue weighted by molar-refractivity contribution is -0.142. The first-order valence-corrected chi connectivity index (χ1v) is 9.06. The zero-order valence-corrected chi connectivity index (χ0v) is 15.8. The van der Waals surface area contributed by atoms with Crippen molar-refractivity contribution in [1.82, 2.24) is 0 Å². The lowest BCUT2D eigenvalue weighted by atomic mass is 10.1. The SMILES string of the molecule is CCOC(=O)Cc1ccc(NC(=O)N2CC(C)Oc3ccc(C)cc32)cc1. The van der Waals surface area contributed by atoms with E-state index in [1.165, 1.54) is 0 Å². The van der Waals surface area contributed by atoms with E-state index >= 15 is 0 Å². The maximum absolute atomic E-state index is 12.8. The van der Waals surface area contributed by atoms with Gasteiger partial charge in [0.1, 0.15) is 11.9 Å². The fourth-order valence-electron chi connectivity index (χ4n) is 3.02. The fourth-order valence-corrected chi connectivity index (χ4v) is 3.02. The number of rotatable bonds is 4. The fraction of sp³-hybridized carbons (Fsp3) is 0.333. The summed E-state index contributed by atoms with van der Waals surface area (Å²) in [5.74, 6) is 0.447. The van der Waals surface area contributed by atoms with Crippen LogP contribution in [0.15, 0.2) is 42.5 Å². The van der Waals surface area contributed by atoms with Crippen LogP contribution in [-0.4, -0.2) is 31.3 Å². The van der Waals surface area contributed by atoms with Crippen LogP contribution in [0.25, 0.3) is 0 Å². The Kier molecular flexibility index (Phi) is 5.64. The zero-order chi connectivity index (χ0) is 19.4. The summed E-state index contributed by atoms with van der Waals surface area (Å²) in [6, 6.07) is 12.8. The minimum Gasteiger partial charge on any atom is -0.487 e. The number of carbonyl (C=O) groups excluding carboxylic acids is 2. The van der Waals surface area contributed by atoms with Gasteiger partial charge >= 0.3 is 12.0 Å². The first kappa shape index (κ1) is 18.8. The molecule has 1 atom stereocenters. The number of benzene rings is 2. The molecule has 6 nitrogen and oxygen atoms in total. The van der Waals surface area contributed by atoms with E-state index in [2.05, 4.69) is 5.32 Å². The zero-order valence-electron chi connectivity index (χ0n) is 15.8. The first-order valence-electron chi connectivity index (χ1n) is 9.06. The van der Waals surface area contributed by atoms with Gasteiger partial charge in [0.25, 0.3) is 0 Å². The smallest absolute Gasteiger partial charge is 0.326 e. The molecule has 142 valence electrons. The molecule has 0 aliphatic carbocycles. The van der Waals surface area contributed by atoms with Crippen molar-refractivity contribution < 1.29 is 19.1 Å². The first-order chi connectivity index (χ1) is 13.0. The third-order valence-electron chi connectivity index (χ3n) is 4.28. The van der Waals surface area contributed by atoms with Gasteiger partial charge in [0.15, 0.2) is 0 Å². The summed E-state index contributed by atoms with van der Waals surface area (Å²) in [6.45, 7) is 6.54. The number of urea groups is 1. The summed E-state index contributed by atoms with van der Waals surface area (Å²) in [4.78, 5) is 26.1. The highest BCUT2D eigenvalue weighted by molar-refractivity contribution is 6.03. The number of amides is 2. The molecule has 0 spiro atoms. The summed E-state index contributed by atoms with van der Waals surface area (Å²) in [5, 5.41) is 2.91. The van der Waals surface area contributed by atoms with Crippen LogP contribution in [0.3, 0.4) is 0 Å². The number of aryl methyl sites for hydroxylation is 1. The van der Waals surface area contributed by atoms with E-state index in [9.17, 15) is 9.59 Å². The van der Waals surface area contributed by atoms with Crippen LogP contribution in [0.1, 0.15) is 25.0 Å². The second kappa shape index (κ2) is 8.12. The Morgan fingerprint density at radius 1 is 1.22 bits per heavy atom. The minimum atomic E-state index is -0.261. The number of nitrogens with one attached hydrogen (secondary N) is 1. The summed E-state index contributed by atoms with van der Waals surface area (Å²) >= 11 is 0. The Labute approximate surface area is 159 Å². The van der Waals surface area contributed by atoms with Crippen LogP contribution in [0.4, 0.5) is 16.2 Å². The van der Waals surface area contributed by atoms with Crippen LogP contribution >= 0.6 is 0 Å². The average Bonchev–Trinajstić information content (AvgIpc) is 2.63. The lowest BCUT2D eigenvalue weighted by Crippen LogP contribution is -2.44. The number of hydrogen-bond acceptors (Lipinski definition) is 4. The molecule has 3 rings (SSSR count). The Hall–Kier alpha value is -3.02. The second-order valence-electron chi connectivity index (χ2n) is 6.62. The Bertz CT molecular complexity index is 833. The van der Waals surface area contributed by atoms with Crippen molar-refractivity contribution in [3.8, 4) is 5.75 Å². The van der Waals surface area contributed by atoms with Gasteiger partial charge < -0.3 is 14.8 Å². The number of ether oxygens (including phenoxy) is 2. The van der Waals surface area contributed by atoms with Crippen molar-refractivity contribution in [2.24, 2.45) is 0 Å². The average molecular weight is 368 g/mol. The Balaban J connectivity index is 1.70. The molecule has 0 fully saturated rings. The Morgan fingerprint density at radius 2 is 1.96 bits per heavy atom. The van der Waals surface area contributed by atoms with Gasteiger partial charge in [-0.2, -0.15) is 0 Å². The molecule has 1 aliphatic rings. The van der Waals surface area contributed by atoms with E-state index in [1.807, 2.05) is 44.2 Å². The van der Waals surface area contributed by atoms with E-state index in [0.29, 0.717) is 24.6 Å². The van der Waals surface area contributed by atoms with Gasteiger partial charge in [-0.15, -0.1) is 0 Å². The molecular weight excluding hydrogens is 344 g/mol. The van der Waals surface area contributed by atoms with Gasteiger partial charge in [-0.05, 0) is 56.2 Å². The molecule has 1 aliphatic heterocycles. The quantitative estimate of drug-likeness (QED) is 0.831. The topological polar surface area (TPSA) is 67.9 Å². The van der Waals surface area contributed by atoms with E-state index in [4.69, 9.17) is 9.47 Å². The number of fused-ring (bicyclic) bond motifs is 1. The number of nitrogens with zero attached hydrogens (tertiary/aromatic N) is 1. The highest BCUT2D eigenvalue weighted by Gasteiger charge is 2.27. The lowest BCUT2D eigenvalue weighted by Gasteiger charge is -2.33. The van der Waals surface area contributed by atoms with E-state index < -0.39 is 0 Å². The third-order valence-corrected chi connectivity index (χ3v) is 4.28. The molecular formula is C21H24N2O4. The molecule has 0 aromatic heterocycles. The highest BCUT2D eigenvalue weighted by atomic mass is 16.5. The van der Waals surface area contributed by atoms with E-state index in [0.717, 1.165) is 16.8 Å². The predicted molar refractivity (Wildman–Crippen MR) is 104 cm³/mol. The summed E-state index contributed by atoms with van der Waals surface area (Å²) in [7, 11) is 0. The molecule has 1 unspecified atom stereocenters. The highest BCUT2D eigenvalue weighted by Crippen LogP contribution is 2.34. The summed E-state index contributed by atoms with van der Waals surface area (Å²) < 4.78 is 10.8. The number of carbonyl (C=O) groups is 2. The summed E-state index contributed by atoms with van der Waals surface area (Å²) in [5.41, 5.74) is 3.34. The van der Waals surface area contributed by atoms with Gasteiger partial charge in [0, 0.05) is 5.69 Å². The number of anilines is 2. The molecule has 2 amide bonds. The van der Waals surface area contributed by atoms with Gasteiger partial charge in [0.05, 0.1) is 25.3 Å². The van der Waals surface area contributed by atoms with Crippen molar-refractivity contribution >= 4 is 23.4 Å². The molecule has 1 N–H and O–H groups in total. The predicted octanol–water partition coefficient (Wildman–Crippen LogP) is 3.92. The van der Waals surface area contributed by atoms with Crippen molar-refractivity contribution in [2.75, 3.05) is 23.4 Å². The maximum atomic E-state index is 12.8. The van der Waals surface area contributed by atoms with Crippen molar-refractivity contribution in [1.29, 1.82) is 0 Å². The molecule has 0 bridgehead atoms. The van der Waals surface area contributed by atoms with Crippen LogP contribution in [0.2, 0.25) is 0 Å². The molecule has 0 saturated heterocycles. The van der Waals surface area contributed by atoms with Crippen LogP contribution < -0.4 is 15.0 Å². The molecule has 27 heavy (non-hydrogen) atoms. The second-order valence-corrected chi connectivity index (χ2v) is 6.62. The standard InChI is InChI=1S/C21H24N2O4/c1-4-26-20(24)12-16-6-8-17(9-7-16)22-21(25)23-13-15(3)27-19-10-5-14(2)11-18(19)23/h5-11,15H,4,12-13H2,1-3H3,(H,22,25). The third kappa shape index (κ3) is 4.58. The van der Waals surface area contributed by atoms with Crippen molar-refractivity contribution in [3.05, 3.63) is 53.6 Å². The maximum Gasteiger partial charge on any atom is 0.326 e. The molecule has 1 heterocycles. The largest absolute Gasteiger partial charge is 0.487 e. The van der Waals surface area contributed by atoms with Crippen LogP contribution in [0.5, 0.6) is 5.75 Å². The molecule has 2 aromatic carbocycles. The molecule has 0 saturated carbocycles.